The number of aromatic nitrogens is 2. The molecule has 1 unspecified atom stereocenters. The van der Waals surface area contributed by atoms with Gasteiger partial charge < -0.3 is 5.32 Å². The lowest BCUT2D eigenvalue weighted by Gasteiger charge is -2.36. The van der Waals surface area contributed by atoms with Crippen molar-refractivity contribution in [2.45, 2.75) is 45.1 Å². The molecule has 1 fully saturated rings. The molecule has 90 valence electrons. The first-order chi connectivity index (χ1) is 7.73. The van der Waals surface area contributed by atoms with E-state index in [1.54, 1.807) is 0 Å². The first-order valence-corrected chi connectivity index (χ1v) is 6.38. The van der Waals surface area contributed by atoms with Crippen molar-refractivity contribution in [3.63, 3.8) is 0 Å². The molecule has 0 amide bonds. The summed E-state index contributed by atoms with van der Waals surface area (Å²) < 4.78 is 2.01. The van der Waals surface area contributed by atoms with E-state index in [9.17, 15) is 0 Å². The maximum atomic E-state index is 4.30. The molecule has 1 N–H and O–H groups in total. The van der Waals surface area contributed by atoms with Crippen LogP contribution in [0.5, 0.6) is 0 Å². The summed E-state index contributed by atoms with van der Waals surface area (Å²) in [5, 5.41) is 7.82. The lowest BCUT2D eigenvalue weighted by atomic mass is 9.75. The predicted octanol–water partition coefficient (Wildman–Crippen LogP) is 2.65. The van der Waals surface area contributed by atoms with Crippen molar-refractivity contribution in [3.8, 4) is 0 Å². The third-order valence-corrected chi connectivity index (χ3v) is 4.36. The Morgan fingerprint density at radius 3 is 2.62 bits per heavy atom. The van der Waals surface area contributed by atoms with Crippen LogP contribution < -0.4 is 5.32 Å². The van der Waals surface area contributed by atoms with E-state index in [2.05, 4.69) is 30.5 Å². The molecule has 0 radical (unpaired) electrons. The van der Waals surface area contributed by atoms with Gasteiger partial charge in [0.1, 0.15) is 0 Å². The Hall–Kier alpha value is -0.830. The van der Waals surface area contributed by atoms with E-state index in [4.69, 9.17) is 0 Å². The largest absolute Gasteiger partial charge is 0.311 e. The molecular weight excluding hydrogens is 198 g/mol. The van der Waals surface area contributed by atoms with Crippen molar-refractivity contribution < 1.29 is 0 Å². The molecule has 1 atom stereocenters. The van der Waals surface area contributed by atoms with Gasteiger partial charge in [-0.3, -0.25) is 4.68 Å². The minimum absolute atomic E-state index is 0.447. The minimum Gasteiger partial charge on any atom is -0.311 e. The zero-order valence-electron chi connectivity index (χ0n) is 10.7. The van der Waals surface area contributed by atoms with Gasteiger partial charge in [-0.2, -0.15) is 5.10 Å². The van der Waals surface area contributed by atoms with Crippen LogP contribution in [0.4, 0.5) is 0 Å². The van der Waals surface area contributed by atoms with Gasteiger partial charge in [-0.1, -0.05) is 19.8 Å². The van der Waals surface area contributed by atoms with Crippen LogP contribution in [0, 0.1) is 5.41 Å². The Bertz CT molecular complexity index is 337. The van der Waals surface area contributed by atoms with Crippen molar-refractivity contribution in [3.05, 3.63) is 18.0 Å². The Morgan fingerprint density at radius 2 is 2.19 bits per heavy atom. The number of aryl methyl sites for hydroxylation is 1. The van der Waals surface area contributed by atoms with Gasteiger partial charge in [-0.15, -0.1) is 0 Å². The highest BCUT2D eigenvalue weighted by atomic mass is 15.3. The van der Waals surface area contributed by atoms with Crippen LogP contribution in [-0.4, -0.2) is 16.8 Å². The summed E-state index contributed by atoms with van der Waals surface area (Å²) in [5.41, 5.74) is 1.77. The molecule has 0 bridgehead atoms. The van der Waals surface area contributed by atoms with Gasteiger partial charge in [0, 0.05) is 13.2 Å². The normalized spacial score (nSPS) is 21.2. The Morgan fingerprint density at radius 1 is 1.50 bits per heavy atom. The molecule has 1 heterocycles. The second kappa shape index (κ2) is 4.58. The Balaban J connectivity index is 2.31. The monoisotopic (exact) mass is 221 g/mol. The lowest BCUT2D eigenvalue weighted by Crippen LogP contribution is -2.35. The fourth-order valence-corrected chi connectivity index (χ4v) is 3.36. The standard InChI is InChI=1S/C13H23N3/c1-4-13(8-5-6-9-13)12(14-2)11-7-10-15-16(11)3/h7,10,12,14H,4-6,8-9H2,1-3H3. The van der Waals surface area contributed by atoms with Crippen molar-refractivity contribution in [1.29, 1.82) is 0 Å². The number of nitrogens with zero attached hydrogens (tertiary/aromatic N) is 2. The molecular formula is C13H23N3. The molecule has 3 heteroatoms. The number of hydrogen-bond donors (Lipinski definition) is 1. The summed E-state index contributed by atoms with van der Waals surface area (Å²) in [4.78, 5) is 0. The number of hydrogen-bond acceptors (Lipinski definition) is 2. The average molecular weight is 221 g/mol. The van der Waals surface area contributed by atoms with Gasteiger partial charge in [-0.05, 0) is 37.8 Å². The van der Waals surface area contributed by atoms with Crippen LogP contribution >= 0.6 is 0 Å². The second-order valence-corrected chi connectivity index (χ2v) is 5.02. The molecule has 0 spiro atoms. The molecule has 1 aromatic heterocycles. The maximum absolute atomic E-state index is 4.30. The van der Waals surface area contributed by atoms with Crippen molar-refractivity contribution in [2.24, 2.45) is 12.5 Å². The van der Waals surface area contributed by atoms with Gasteiger partial charge in [0.2, 0.25) is 0 Å². The van der Waals surface area contributed by atoms with Crippen molar-refractivity contribution in [1.82, 2.24) is 15.1 Å². The van der Waals surface area contributed by atoms with E-state index in [0.717, 1.165) is 0 Å². The molecule has 0 aliphatic heterocycles. The smallest absolute Gasteiger partial charge is 0.0555 e. The van der Waals surface area contributed by atoms with Gasteiger partial charge >= 0.3 is 0 Å². The first kappa shape index (κ1) is 11.6. The van der Waals surface area contributed by atoms with E-state index in [-0.39, 0.29) is 0 Å². The Labute approximate surface area is 98.2 Å². The quantitative estimate of drug-likeness (QED) is 0.847. The SMILES string of the molecule is CCC1(C(NC)c2ccnn2C)CCCC1. The van der Waals surface area contributed by atoms with Gasteiger partial charge in [0.15, 0.2) is 0 Å². The summed E-state index contributed by atoms with van der Waals surface area (Å²) in [7, 11) is 4.12. The van der Waals surface area contributed by atoms with E-state index in [0.29, 0.717) is 11.5 Å². The van der Waals surface area contributed by atoms with Gasteiger partial charge in [0.25, 0.3) is 0 Å². The third kappa shape index (κ3) is 1.77. The summed E-state index contributed by atoms with van der Waals surface area (Å²) in [6.45, 7) is 2.33. The summed E-state index contributed by atoms with van der Waals surface area (Å²) in [6.07, 6.45) is 8.61. The average Bonchev–Trinajstić information content (AvgIpc) is 2.91. The number of rotatable bonds is 4. The topological polar surface area (TPSA) is 29.9 Å². The molecule has 2 rings (SSSR count). The second-order valence-electron chi connectivity index (χ2n) is 5.02. The minimum atomic E-state index is 0.447. The molecule has 0 saturated heterocycles. The summed E-state index contributed by atoms with van der Waals surface area (Å²) >= 11 is 0. The predicted molar refractivity (Wildman–Crippen MR) is 66.2 cm³/mol. The van der Waals surface area contributed by atoms with E-state index in [1.807, 2.05) is 17.9 Å². The summed E-state index contributed by atoms with van der Waals surface area (Å²) in [6, 6.07) is 2.60. The molecule has 1 saturated carbocycles. The van der Waals surface area contributed by atoms with Crippen LogP contribution in [0.25, 0.3) is 0 Å². The molecule has 1 aliphatic carbocycles. The van der Waals surface area contributed by atoms with Gasteiger partial charge in [0.05, 0.1) is 11.7 Å². The fraction of sp³-hybridized carbons (Fsp3) is 0.769. The molecule has 1 aromatic rings. The van der Waals surface area contributed by atoms with Crippen LogP contribution in [0.1, 0.15) is 50.8 Å². The van der Waals surface area contributed by atoms with Crippen molar-refractivity contribution >= 4 is 0 Å². The summed E-state index contributed by atoms with van der Waals surface area (Å²) in [5.74, 6) is 0. The van der Waals surface area contributed by atoms with Crippen LogP contribution in [-0.2, 0) is 7.05 Å². The maximum Gasteiger partial charge on any atom is 0.0555 e. The highest BCUT2D eigenvalue weighted by molar-refractivity contribution is 5.12. The highest BCUT2D eigenvalue weighted by Gasteiger charge is 2.40. The molecule has 0 aromatic carbocycles. The van der Waals surface area contributed by atoms with Crippen LogP contribution in [0.15, 0.2) is 12.3 Å². The molecule has 16 heavy (non-hydrogen) atoms. The number of nitrogens with one attached hydrogen (secondary N) is 1. The van der Waals surface area contributed by atoms with E-state index in [1.165, 1.54) is 37.8 Å². The third-order valence-electron chi connectivity index (χ3n) is 4.36. The molecule has 1 aliphatic rings. The lowest BCUT2D eigenvalue weighted by molar-refractivity contribution is 0.187. The zero-order valence-corrected chi connectivity index (χ0v) is 10.7. The van der Waals surface area contributed by atoms with Crippen molar-refractivity contribution in [2.75, 3.05) is 7.05 Å². The van der Waals surface area contributed by atoms with E-state index < -0.39 is 0 Å². The fourth-order valence-electron chi connectivity index (χ4n) is 3.36. The van der Waals surface area contributed by atoms with Crippen LogP contribution in [0.3, 0.4) is 0 Å². The highest BCUT2D eigenvalue weighted by Crippen LogP contribution is 2.49. The first-order valence-electron chi connectivity index (χ1n) is 6.38. The van der Waals surface area contributed by atoms with E-state index >= 15 is 0 Å². The zero-order chi connectivity index (χ0) is 11.6. The van der Waals surface area contributed by atoms with Crippen LogP contribution in [0.2, 0.25) is 0 Å². The van der Waals surface area contributed by atoms with Gasteiger partial charge in [-0.25, -0.2) is 0 Å². The molecule has 3 nitrogen and oxygen atoms in total. The Kier molecular flexibility index (Phi) is 3.33.